The molecule has 0 aliphatic carbocycles. The van der Waals surface area contributed by atoms with Crippen LogP contribution in [-0.2, 0) is 11.3 Å². The molecule has 0 fully saturated rings. The number of rotatable bonds is 5. The number of aryl methyl sites for hydroxylation is 1. The minimum Gasteiger partial charge on any atom is -0.478 e. The maximum Gasteiger partial charge on any atom is 0.338 e. The topological polar surface area (TPSA) is 102 Å². The van der Waals surface area contributed by atoms with Crippen molar-refractivity contribution in [1.82, 2.24) is 5.16 Å². The fourth-order valence-electron chi connectivity index (χ4n) is 1.56. The van der Waals surface area contributed by atoms with Crippen LogP contribution in [0.5, 0.6) is 0 Å². The molecule has 0 aromatic carbocycles. The van der Waals surface area contributed by atoms with Gasteiger partial charge in [0.25, 0.3) is 5.91 Å². The van der Waals surface area contributed by atoms with Gasteiger partial charge < -0.3 is 19.7 Å². The van der Waals surface area contributed by atoms with E-state index in [-0.39, 0.29) is 22.9 Å². The summed E-state index contributed by atoms with van der Waals surface area (Å²) in [6, 6.07) is 2.95. The van der Waals surface area contributed by atoms with Crippen molar-refractivity contribution in [2.45, 2.75) is 13.5 Å². The Labute approximate surface area is 118 Å². The lowest BCUT2D eigenvalue weighted by Crippen LogP contribution is -2.13. The number of carbonyl (C=O) groups is 2. The number of carbonyl (C=O) groups excluding carboxylic acids is 1. The van der Waals surface area contributed by atoms with Crippen molar-refractivity contribution >= 4 is 28.2 Å². The number of carboxylic acid groups (broad SMARTS) is 1. The van der Waals surface area contributed by atoms with E-state index in [1.807, 2.05) is 0 Å². The third kappa shape index (κ3) is 3.03. The summed E-state index contributed by atoms with van der Waals surface area (Å²) in [5.74, 6) is -1.20. The Morgan fingerprint density at radius 3 is 2.90 bits per heavy atom. The van der Waals surface area contributed by atoms with E-state index < -0.39 is 11.9 Å². The minimum atomic E-state index is -1.09. The van der Waals surface area contributed by atoms with Crippen LogP contribution < -0.4 is 5.32 Å². The summed E-state index contributed by atoms with van der Waals surface area (Å²) in [4.78, 5) is 23.8. The van der Waals surface area contributed by atoms with Gasteiger partial charge in [0, 0.05) is 18.1 Å². The Morgan fingerprint density at radius 1 is 1.50 bits per heavy atom. The molecule has 0 saturated heterocycles. The first-order valence-corrected chi connectivity index (χ1v) is 6.42. The number of nitrogens with one attached hydrogen (secondary N) is 1. The minimum absolute atomic E-state index is 0.0569. The van der Waals surface area contributed by atoms with Gasteiger partial charge in [0.15, 0.2) is 11.5 Å². The van der Waals surface area contributed by atoms with Gasteiger partial charge in [-0.2, -0.15) is 0 Å². The largest absolute Gasteiger partial charge is 0.478 e. The van der Waals surface area contributed by atoms with E-state index in [2.05, 4.69) is 10.5 Å². The van der Waals surface area contributed by atoms with Crippen LogP contribution in [0.25, 0.3) is 0 Å². The van der Waals surface area contributed by atoms with Crippen LogP contribution >= 0.6 is 11.3 Å². The van der Waals surface area contributed by atoms with E-state index in [1.165, 1.54) is 30.6 Å². The van der Waals surface area contributed by atoms with Crippen molar-refractivity contribution < 1.29 is 24.0 Å². The molecule has 2 rings (SSSR count). The first-order valence-electron chi connectivity index (χ1n) is 5.61. The number of hydrogen-bond donors (Lipinski definition) is 2. The van der Waals surface area contributed by atoms with E-state index in [9.17, 15) is 9.59 Å². The summed E-state index contributed by atoms with van der Waals surface area (Å²) < 4.78 is 9.75. The van der Waals surface area contributed by atoms with Gasteiger partial charge in [-0.3, -0.25) is 4.79 Å². The molecule has 0 unspecified atom stereocenters. The van der Waals surface area contributed by atoms with E-state index in [4.69, 9.17) is 14.4 Å². The van der Waals surface area contributed by atoms with Crippen molar-refractivity contribution in [1.29, 1.82) is 0 Å². The van der Waals surface area contributed by atoms with Crippen LogP contribution in [-0.4, -0.2) is 29.2 Å². The lowest BCUT2D eigenvalue weighted by atomic mass is 10.3. The van der Waals surface area contributed by atoms with Gasteiger partial charge in [-0.1, -0.05) is 5.16 Å². The van der Waals surface area contributed by atoms with Gasteiger partial charge in [-0.05, 0) is 13.0 Å². The summed E-state index contributed by atoms with van der Waals surface area (Å²) in [7, 11) is 1.50. The molecule has 1 amide bonds. The molecular formula is C12H12N2O5S. The lowest BCUT2D eigenvalue weighted by molar-refractivity contribution is 0.0698. The number of methoxy groups -OCH3 is 1. The highest BCUT2D eigenvalue weighted by Gasteiger charge is 2.19. The Morgan fingerprint density at radius 2 is 2.25 bits per heavy atom. The molecule has 0 aliphatic rings. The van der Waals surface area contributed by atoms with E-state index in [1.54, 1.807) is 6.92 Å². The Hall–Kier alpha value is -2.19. The molecule has 0 atom stereocenters. The maximum absolute atomic E-state index is 12.0. The van der Waals surface area contributed by atoms with Gasteiger partial charge in [0.2, 0.25) is 0 Å². The van der Waals surface area contributed by atoms with Crippen LogP contribution in [0, 0.1) is 6.92 Å². The number of amides is 1. The second-order valence-corrected chi connectivity index (χ2v) is 5.23. The number of hydrogen-bond acceptors (Lipinski definition) is 6. The fraction of sp³-hybridized carbons (Fsp3) is 0.250. The smallest absolute Gasteiger partial charge is 0.338 e. The van der Waals surface area contributed by atoms with Crippen molar-refractivity contribution in [3.8, 4) is 0 Å². The van der Waals surface area contributed by atoms with Crippen molar-refractivity contribution in [3.05, 3.63) is 34.0 Å². The number of nitrogens with zero attached hydrogens (tertiary/aromatic N) is 1. The molecule has 2 heterocycles. The molecule has 2 N–H and O–H groups in total. The number of thiophene rings is 1. The fourth-order valence-corrected chi connectivity index (χ4v) is 2.46. The molecule has 2 aromatic rings. The molecule has 106 valence electrons. The second-order valence-electron chi connectivity index (χ2n) is 3.97. The molecule has 7 nitrogen and oxygen atoms in total. The molecule has 0 bridgehead atoms. The predicted octanol–water partition coefficient (Wildman–Crippen LogP) is 2.14. The Bertz CT molecular complexity index is 646. The molecule has 0 aliphatic heterocycles. The van der Waals surface area contributed by atoms with Gasteiger partial charge in [0.1, 0.15) is 11.6 Å². The summed E-state index contributed by atoms with van der Waals surface area (Å²) in [6.07, 6.45) is 0. The number of carboxylic acids is 1. The zero-order valence-electron chi connectivity index (χ0n) is 10.8. The van der Waals surface area contributed by atoms with Crippen LogP contribution in [0.2, 0.25) is 0 Å². The average molecular weight is 296 g/mol. The van der Waals surface area contributed by atoms with E-state index in [0.717, 1.165) is 4.88 Å². The van der Waals surface area contributed by atoms with Crippen molar-refractivity contribution in [2.24, 2.45) is 0 Å². The summed E-state index contributed by atoms with van der Waals surface area (Å²) >= 11 is 1.19. The van der Waals surface area contributed by atoms with Crippen molar-refractivity contribution in [3.63, 3.8) is 0 Å². The molecule has 0 radical (unpaired) electrons. The predicted molar refractivity (Wildman–Crippen MR) is 71.2 cm³/mol. The lowest BCUT2D eigenvalue weighted by Gasteiger charge is -2.00. The second kappa shape index (κ2) is 5.85. The SMILES string of the molecule is COCc1cc(C(=O)Nc2sc(C)cc2C(=O)O)no1. The number of aromatic nitrogens is 1. The van der Waals surface area contributed by atoms with Gasteiger partial charge in [-0.15, -0.1) is 11.3 Å². The summed E-state index contributed by atoms with van der Waals surface area (Å²) in [6.45, 7) is 1.97. The highest BCUT2D eigenvalue weighted by atomic mass is 32.1. The highest BCUT2D eigenvalue weighted by molar-refractivity contribution is 7.16. The van der Waals surface area contributed by atoms with Crippen LogP contribution in [0.1, 0.15) is 31.5 Å². The highest BCUT2D eigenvalue weighted by Crippen LogP contribution is 2.28. The first kappa shape index (κ1) is 14.2. The monoisotopic (exact) mass is 296 g/mol. The number of aromatic carboxylic acids is 1. The molecule has 8 heteroatoms. The number of ether oxygens (including phenoxy) is 1. The van der Waals surface area contributed by atoms with E-state index >= 15 is 0 Å². The van der Waals surface area contributed by atoms with Crippen LogP contribution in [0.15, 0.2) is 16.7 Å². The normalized spacial score (nSPS) is 10.5. The standard InChI is InChI=1S/C12H12N2O5S/c1-6-3-8(12(16)17)11(20-6)13-10(15)9-4-7(5-18-2)19-14-9/h3-4H,5H2,1-2H3,(H,13,15)(H,16,17). The summed E-state index contributed by atoms with van der Waals surface area (Å²) in [5, 5.41) is 15.4. The third-order valence-corrected chi connectivity index (χ3v) is 3.36. The van der Waals surface area contributed by atoms with Crippen LogP contribution in [0.4, 0.5) is 5.00 Å². The maximum atomic E-state index is 12.0. The molecule has 0 spiro atoms. The molecule has 2 aromatic heterocycles. The first-order chi connectivity index (χ1) is 9.51. The van der Waals surface area contributed by atoms with Crippen molar-refractivity contribution in [2.75, 3.05) is 12.4 Å². The summed E-state index contributed by atoms with van der Waals surface area (Å²) in [5.41, 5.74) is 0.126. The van der Waals surface area contributed by atoms with E-state index in [0.29, 0.717) is 5.76 Å². The third-order valence-electron chi connectivity index (χ3n) is 2.39. The number of anilines is 1. The Kier molecular flexibility index (Phi) is 4.16. The van der Waals surface area contributed by atoms with Gasteiger partial charge >= 0.3 is 5.97 Å². The zero-order chi connectivity index (χ0) is 14.7. The quantitative estimate of drug-likeness (QED) is 0.876. The van der Waals surface area contributed by atoms with Crippen LogP contribution in [0.3, 0.4) is 0 Å². The molecule has 20 heavy (non-hydrogen) atoms. The van der Waals surface area contributed by atoms with Gasteiger partial charge in [-0.25, -0.2) is 4.79 Å². The molecular weight excluding hydrogens is 284 g/mol. The zero-order valence-corrected chi connectivity index (χ0v) is 11.6. The Balaban J connectivity index is 2.16. The molecule has 0 saturated carbocycles. The average Bonchev–Trinajstić information content (AvgIpc) is 2.97. The van der Waals surface area contributed by atoms with Gasteiger partial charge in [0.05, 0.1) is 5.56 Å².